The number of nitrogens with two attached hydrogens (primary N) is 1. The van der Waals surface area contributed by atoms with E-state index in [1.54, 1.807) is 4.68 Å². The van der Waals surface area contributed by atoms with Gasteiger partial charge in [0.05, 0.1) is 18.5 Å². The first-order chi connectivity index (χ1) is 10.6. The molecule has 3 rings (SSSR count). The van der Waals surface area contributed by atoms with Crippen LogP contribution in [0.2, 0.25) is 0 Å². The molecule has 3 N–H and O–H groups in total. The van der Waals surface area contributed by atoms with Gasteiger partial charge in [0.2, 0.25) is 0 Å². The molecule has 0 bridgehead atoms. The van der Waals surface area contributed by atoms with E-state index in [0.29, 0.717) is 18.3 Å². The molecule has 114 valence electrons. The zero-order valence-electron chi connectivity index (χ0n) is 12.8. The molecule has 0 aliphatic heterocycles. The highest BCUT2D eigenvalue weighted by atomic mass is 16.3. The highest BCUT2D eigenvalue weighted by Crippen LogP contribution is 2.33. The van der Waals surface area contributed by atoms with E-state index in [4.69, 9.17) is 10.7 Å². The van der Waals surface area contributed by atoms with Crippen LogP contribution in [-0.4, -0.2) is 26.5 Å². The summed E-state index contributed by atoms with van der Waals surface area (Å²) in [6, 6.07) is 12.2. The first-order valence-electron chi connectivity index (χ1n) is 7.45. The molecule has 22 heavy (non-hydrogen) atoms. The van der Waals surface area contributed by atoms with E-state index in [2.05, 4.69) is 37.1 Å². The molecule has 0 spiro atoms. The van der Waals surface area contributed by atoms with Gasteiger partial charge in [0.15, 0.2) is 11.5 Å². The topological polar surface area (TPSA) is 77.0 Å². The Morgan fingerprint density at radius 2 is 1.95 bits per heavy atom. The van der Waals surface area contributed by atoms with E-state index in [1.807, 2.05) is 18.2 Å². The van der Waals surface area contributed by atoms with Crippen molar-refractivity contribution >= 4 is 16.9 Å². The van der Waals surface area contributed by atoms with Gasteiger partial charge >= 0.3 is 0 Å². The maximum absolute atomic E-state index is 9.22. The van der Waals surface area contributed by atoms with Crippen LogP contribution in [0.3, 0.4) is 0 Å². The third-order valence-electron chi connectivity index (χ3n) is 3.74. The van der Waals surface area contributed by atoms with Gasteiger partial charge in [-0.1, -0.05) is 44.2 Å². The average molecular weight is 296 g/mol. The Hall–Kier alpha value is -2.40. The fourth-order valence-corrected chi connectivity index (χ4v) is 2.61. The highest BCUT2D eigenvalue weighted by Gasteiger charge is 2.17. The SMILES string of the molecule is CC(C)c1cc(-c2ccccc2)c2c(N)nn(CCO)c2n1. The van der Waals surface area contributed by atoms with Crippen LogP contribution in [0.15, 0.2) is 36.4 Å². The molecule has 0 saturated heterocycles. The number of aliphatic hydroxyl groups excluding tert-OH is 1. The predicted octanol–water partition coefficient (Wildman–Crippen LogP) is 2.80. The lowest BCUT2D eigenvalue weighted by molar-refractivity contribution is 0.271. The molecular weight excluding hydrogens is 276 g/mol. The molecule has 0 fully saturated rings. The molecule has 0 radical (unpaired) electrons. The van der Waals surface area contributed by atoms with Crippen molar-refractivity contribution in [2.75, 3.05) is 12.3 Å². The lowest BCUT2D eigenvalue weighted by Crippen LogP contribution is -2.06. The zero-order valence-corrected chi connectivity index (χ0v) is 12.8. The Morgan fingerprint density at radius 1 is 1.23 bits per heavy atom. The lowest BCUT2D eigenvalue weighted by Gasteiger charge is -2.11. The van der Waals surface area contributed by atoms with Gasteiger partial charge in [-0.05, 0) is 23.1 Å². The first kappa shape index (κ1) is 14.5. The Morgan fingerprint density at radius 3 is 2.59 bits per heavy atom. The molecule has 0 unspecified atom stereocenters. The fourth-order valence-electron chi connectivity index (χ4n) is 2.61. The Labute approximate surface area is 129 Å². The Balaban J connectivity index is 2.34. The van der Waals surface area contributed by atoms with Gasteiger partial charge in [-0.25, -0.2) is 9.67 Å². The smallest absolute Gasteiger partial charge is 0.160 e. The number of nitrogens with zero attached hydrogens (tertiary/aromatic N) is 3. The lowest BCUT2D eigenvalue weighted by atomic mass is 9.99. The molecule has 5 heteroatoms. The molecule has 3 aromatic rings. The number of nitrogen functional groups attached to an aromatic ring is 1. The van der Waals surface area contributed by atoms with Crippen LogP contribution in [0.1, 0.15) is 25.5 Å². The molecule has 0 aliphatic rings. The second kappa shape index (κ2) is 5.77. The number of anilines is 1. The molecular formula is C17H20N4O. The summed E-state index contributed by atoms with van der Waals surface area (Å²) in [4.78, 5) is 4.71. The van der Waals surface area contributed by atoms with Crippen LogP contribution in [0, 0.1) is 0 Å². The number of aliphatic hydroxyl groups is 1. The van der Waals surface area contributed by atoms with Crippen molar-refractivity contribution in [2.45, 2.75) is 26.3 Å². The molecule has 1 aromatic carbocycles. The number of fused-ring (bicyclic) bond motifs is 1. The van der Waals surface area contributed by atoms with Gasteiger partial charge in [0.25, 0.3) is 0 Å². The monoisotopic (exact) mass is 296 g/mol. The number of hydrogen-bond donors (Lipinski definition) is 2. The number of benzene rings is 1. The normalized spacial score (nSPS) is 11.5. The molecule has 0 amide bonds. The van der Waals surface area contributed by atoms with Crippen molar-refractivity contribution in [1.82, 2.24) is 14.8 Å². The van der Waals surface area contributed by atoms with E-state index >= 15 is 0 Å². The van der Waals surface area contributed by atoms with Crippen LogP contribution in [0.25, 0.3) is 22.2 Å². The quantitative estimate of drug-likeness (QED) is 0.776. The van der Waals surface area contributed by atoms with Crippen molar-refractivity contribution in [2.24, 2.45) is 0 Å². The largest absolute Gasteiger partial charge is 0.394 e. The number of aromatic nitrogens is 3. The Kier molecular flexibility index (Phi) is 3.81. The summed E-state index contributed by atoms with van der Waals surface area (Å²) in [5.74, 6) is 0.746. The maximum atomic E-state index is 9.22. The van der Waals surface area contributed by atoms with Gasteiger partial charge < -0.3 is 10.8 Å². The van der Waals surface area contributed by atoms with E-state index < -0.39 is 0 Å². The highest BCUT2D eigenvalue weighted by molar-refractivity contribution is 6.00. The third kappa shape index (κ3) is 2.44. The van der Waals surface area contributed by atoms with Crippen LogP contribution in [0.5, 0.6) is 0 Å². The summed E-state index contributed by atoms with van der Waals surface area (Å²) in [5.41, 5.74) is 9.97. The minimum atomic E-state index is 0.00444. The van der Waals surface area contributed by atoms with E-state index in [0.717, 1.165) is 27.9 Å². The van der Waals surface area contributed by atoms with Crippen LogP contribution in [0.4, 0.5) is 5.82 Å². The predicted molar refractivity (Wildman–Crippen MR) is 88.6 cm³/mol. The first-order valence-corrected chi connectivity index (χ1v) is 7.45. The van der Waals surface area contributed by atoms with Crippen molar-refractivity contribution in [1.29, 1.82) is 0 Å². The minimum Gasteiger partial charge on any atom is -0.394 e. The van der Waals surface area contributed by atoms with Gasteiger partial charge in [-0.2, -0.15) is 5.10 Å². The van der Waals surface area contributed by atoms with Crippen LogP contribution in [-0.2, 0) is 6.54 Å². The standard InChI is InChI=1S/C17H20N4O/c1-11(2)14-10-13(12-6-4-3-5-7-12)15-16(18)20-21(8-9-22)17(15)19-14/h3-7,10-11,22H,8-9H2,1-2H3,(H2,18,20). The number of pyridine rings is 1. The Bertz CT molecular complexity index is 793. The molecule has 2 heterocycles. The van der Waals surface area contributed by atoms with Gasteiger partial charge in [-0.3, -0.25) is 0 Å². The number of hydrogen-bond acceptors (Lipinski definition) is 4. The molecule has 5 nitrogen and oxygen atoms in total. The second-order valence-electron chi connectivity index (χ2n) is 5.65. The summed E-state index contributed by atoms with van der Waals surface area (Å²) in [6.45, 7) is 4.61. The maximum Gasteiger partial charge on any atom is 0.160 e. The minimum absolute atomic E-state index is 0.00444. The van der Waals surface area contributed by atoms with E-state index in [1.165, 1.54) is 0 Å². The molecule has 0 saturated carbocycles. The van der Waals surface area contributed by atoms with Gasteiger partial charge in [0.1, 0.15) is 0 Å². The molecule has 0 atom stereocenters. The summed E-state index contributed by atoms with van der Waals surface area (Å²) < 4.78 is 1.68. The summed E-state index contributed by atoms with van der Waals surface area (Å²) in [5, 5.41) is 14.4. The van der Waals surface area contributed by atoms with E-state index in [9.17, 15) is 5.11 Å². The average Bonchev–Trinajstić information content (AvgIpc) is 2.84. The molecule has 0 aliphatic carbocycles. The fraction of sp³-hybridized carbons (Fsp3) is 0.294. The zero-order chi connectivity index (χ0) is 15.7. The van der Waals surface area contributed by atoms with Crippen molar-refractivity contribution in [3.63, 3.8) is 0 Å². The third-order valence-corrected chi connectivity index (χ3v) is 3.74. The van der Waals surface area contributed by atoms with Gasteiger partial charge in [-0.15, -0.1) is 0 Å². The summed E-state index contributed by atoms with van der Waals surface area (Å²) in [6.07, 6.45) is 0. The number of rotatable bonds is 4. The summed E-state index contributed by atoms with van der Waals surface area (Å²) in [7, 11) is 0. The van der Waals surface area contributed by atoms with Crippen molar-refractivity contribution in [3.8, 4) is 11.1 Å². The van der Waals surface area contributed by atoms with Crippen molar-refractivity contribution < 1.29 is 5.11 Å². The van der Waals surface area contributed by atoms with Crippen molar-refractivity contribution in [3.05, 3.63) is 42.1 Å². The van der Waals surface area contributed by atoms with Gasteiger partial charge in [0, 0.05) is 5.69 Å². The summed E-state index contributed by atoms with van der Waals surface area (Å²) >= 11 is 0. The molecule has 2 aromatic heterocycles. The van der Waals surface area contributed by atoms with Crippen LogP contribution < -0.4 is 5.73 Å². The van der Waals surface area contributed by atoms with E-state index in [-0.39, 0.29) is 6.61 Å². The second-order valence-corrected chi connectivity index (χ2v) is 5.65. The van der Waals surface area contributed by atoms with Crippen LogP contribution >= 0.6 is 0 Å².